The van der Waals surface area contributed by atoms with Gasteiger partial charge >= 0.3 is 59.7 Å². The van der Waals surface area contributed by atoms with Crippen LogP contribution >= 0.6 is 0 Å². The van der Waals surface area contributed by atoms with E-state index in [1.807, 2.05) is 0 Å². The first-order valence-corrected chi connectivity index (χ1v) is 22.3. The van der Waals surface area contributed by atoms with E-state index in [0.717, 1.165) is 12.8 Å². The lowest BCUT2D eigenvalue weighted by Crippen LogP contribution is -2.34. The summed E-state index contributed by atoms with van der Waals surface area (Å²) in [6.07, 6.45) is 3.12. The number of hydrogen-bond donors (Lipinski definition) is 23. The number of aliphatic carboxylic acids is 10. The summed E-state index contributed by atoms with van der Waals surface area (Å²) >= 11 is 0. The zero-order chi connectivity index (χ0) is 62.5. The summed E-state index contributed by atoms with van der Waals surface area (Å²) in [4.78, 5) is 101. The van der Waals surface area contributed by atoms with Gasteiger partial charge in [-0.1, -0.05) is 61.8 Å². The highest BCUT2D eigenvalue weighted by atomic mass is 16.4. The molecule has 0 radical (unpaired) electrons. The summed E-state index contributed by atoms with van der Waals surface area (Å²) < 4.78 is 0. The standard InChI is InChI=1S/C6H14N4O2.C6H14N2O2.4C5H11NO2.C3H7NO2.3C2H5NO2/c7-4(5(11)12)2-1-3-10-6(8)9;7-4-2-1-3-5(8)6(9)10;4*1-3(2)4(6)5(7)8;1-2(4)3(5)6;3*3-1-2(4)5/h4H,1-3,7H2,(H,11,12)(H4,8,9,10);5H,1-4,7-8H2,(H,9,10);4*3-4H,6H2,1-2H3,(H,7,8);2H,4H2,1H3,(H,5,6);3*1,3H2,(H,4,5)/t4-;5-;4*4-;2-;;;/m0000000.../s1. The SMILES string of the molecule is CC(C)[C@H](N)C(=O)O.CC(C)[C@H](N)C(=O)O.CC(C)[C@H](N)C(=O)O.CC(C)[C@H](N)C(=O)O.C[C@H](N)C(=O)O.NC(N)=NCCC[C@H](N)C(=O)O.NCC(=O)O.NCC(=O)O.NCC(=O)O.NCCCC[C@H](N)C(=O)O. The lowest BCUT2D eigenvalue weighted by molar-refractivity contribution is -0.140. The zero-order valence-corrected chi connectivity index (χ0v) is 44.4. The van der Waals surface area contributed by atoms with Crippen LogP contribution in [0.2, 0.25) is 0 Å². The second-order valence-electron chi connectivity index (χ2n) is 16.0. The minimum absolute atomic E-state index is 0.0129. The van der Waals surface area contributed by atoms with E-state index in [0.29, 0.717) is 32.4 Å². The van der Waals surface area contributed by atoms with Crippen LogP contribution in [-0.2, 0) is 47.9 Å². The van der Waals surface area contributed by atoms with Crippen LogP contribution in [0.15, 0.2) is 4.99 Å². The molecule has 0 saturated heterocycles. The topological polar surface area (TPSA) is 724 Å². The van der Waals surface area contributed by atoms with Crippen LogP contribution in [0.25, 0.3) is 0 Å². The molecule has 7 atom stereocenters. The Morgan fingerprint density at radius 3 is 0.667 bits per heavy atom. The van der Waals surface area contributed by atoms with Crippen LogP contribution in [0.5, 0.6) is 0 Å². The number of carbonyl (C=O) groups is 10. The van der Waals surface area contributed by atoms with Crippen molar-refractivity contribution in [3.63, 3.8) is 0 Å². The predicted molar refractivity (Wildman–Crippen MR) is 277 cm³/mol. The molecule has 0 unspecified atom stereocenters. The fourth-order valence-corrected chi connectivity index (χ4v) is 2.42. The van der Waals surface area contributed by atoms with Gasteiger partial charge in [0.1, 0.15) is 42.3 Å². The molecule has 0 aromatic rings. The maximum Gasteiger partial charge on any atom is 0.320 e. The summed E-state index contributed by atoms with van der Waals surface area (Å²) in [5, 5.41) is 80.3. The average molecular weight is 1100 g/mol. The molecule has 0 rings (SSSR count). The van der Waals surface area contributed by atoms with Crippen molar-refractivity contribution in [2.75, 3.05) is 32.7 Å². The van der Waals surface area contributed by atoms with Gasteiger partial charge in [0, 0.05) is 6.54 Å². The van der Waals surface area contributed by atoms with E-state index in [-0.39, 0.29) is 49.3 Å². The molecule has 0 aromatic carbocycles. The van der Waals surface area contributed by atoms with Crippen LogP contribution in [0.4, 0.5) is 0 Å². The van der Waals surface area contributed by atoms with Crippen molar-refractivity contribution in [3.8, 4) is 0 Å². The number of unbranched alkanes of at least 4 members (excludes halogenated alkanes) is 1. The Hall–Kier alpha value is -6.47. The molecule has 0 saturated carbocycles. The van der Waals surface area contributed by atoms with Gasteiger partial charge in [0.15, 0.2) is 5.96 Å². The number of carboxylic acids is 10. The van der Waals surface area contributed by atoms with E-state index in [1.54, 1.807) is 55.4 Å². The number of guanidine groups is 1. The van der Waals surface area contributed by atoms with Gasteiger partial charge in [-0.25, -0.2) is 0 Å². The third kappa shape index (κ3) is 94.0. The number of nitrogens with two attached hydrogens (primary N) is 13. The van der Waals surface area contributed by atoms with E-state index in [1.165, 1.54) is 6.92 Å². The second-order valence-corrected chi connectivity index (χ2v) is 16.0. The van der Waals surface area contributed by atoms with E-state index in [4.69, 9.17) is 108 Å². The first-order valence-electron chi connectivity index (χ1n) is 22.3. The molecule has 0 aromatic heterocycles. The number of carboxylic acid groups (broad SMARTS) is 10. The van der Waals surface area contributed by atoms with Gasteiger partial charge in [-0.3, -0.25) is 52.9 Å². The quantitative estimate of drug-likeness (QED) is 0.0273. The lowest BCUT2D eigenvalue weighted by atomic mass is 10.1. The molecule has 0 spiro atoms. The number of aliphatic imine (C=N–C) groups is 1. The number of nitrogens with zero attached hydrogens (tertiary/aromatic N) is 1. The summed E-state index contributed by atoms with van der Waals surface area (Å²) in [5.74, 6) is -9.43. The molecule has 448 valence electrons. The Morgan fingerprint density at radius 1 is 0.360 bits per heavy atom. The Bertz CT molecular complexity index is 1430. The third-order valence-electron chi connectivity index (χ3n) is 7.50. The highest BCUT2D eigenvalue weighted by molar-refractivity contribution is 5.76. The van der Waals surface area contributed by atoms with Crippen molar-refractivity contribution in [3.05, 3.63) is 0 Å². The van der Waals surface area contributed by atoms with E-state index >= 15 is 0 Å². The van der Waals surface area contributed by atoms with Crippen molar-refractivity contribution in [2.24, 2.45) is 103 Å². The van der Waals surface area contributed by atoms with Crippen LogP contribution in [-0.4, -0.2) is 192 Å². The van der Waals surface area contributed by atoms with Crippen molar-refractivity contribution in [1.29, 1.82) is 0 Å². The number of hydrogen-bond acceptors (Lipinski definition) is 22. The fraction of sp³-hybridized carbons (Fsp3) is 0.732. The van der Waals surface area contributed by atoms with E-state index in [9.17, 15) is 47.9 Å². The Kier molecular flexibility index (Phi) is 73.1. The maximum atomic E-state index is 10.2. The fourth-order valence-electron chi connectivity index (χ4n) is 2.42. The largest absolute Gasteiger partial charge is 0.480 e. The van der Waals surface area contributed by atoms with Gasteiger partial charge < -0.3 is 126 Å². The molecule has 34 heteroatoms. The summed E-state index contributed by atoms with van der Waals surface area (Å²) in [7, 11) is 0. The second kappa shape index (κ2) is 60.1. The molecule has 0 bridgehead atoms. The van der Waals surface area contributed by atoms with E-state index < -0.39 is 102 Å². The average Bonchev–Trinajstić information content (AvgIpc) is 3.30. The lowest BCUT2D eigenvalue weighted by Gasteiger charge is -2.07. The minimum atomic E-state index is -1.00. The molecular weight excluding hydrogens is 1010 g/mol. The predicted octanol–water partition coefficient (Wildman–Crippen LogP) is -5.30. The third-order valence-corrected chi connectivity index (χ3v) is 7.50. The van der Waals surface area contributed by atoms with Crippen LogP contribution in [0.1, 0.15) is 94.4 Å². The van der Waals surface area contributed by atoms with Gasteiger partial charge in [-0.2, -0.15) is 0 Å². The Labute approximate surface area is 436 Å². The molecular formula is C41H94N14O20. The normalized spacial score (nSPS) is 12.2. The van der Waals surface area contributed by atoms with Gasteiger partial charge in [0.05, 0.1) is 19.6 Å². The van der Waals surface area contributed by atoms with Crippen molar-refractivity contribution < 1.29 is 99.0 Å². The van der Waals surface area contributed by atoms with Crippen molar-refractivity contribution >= 4 is 65.7 Å². The summed E-state index contributed by atoms with van der Waals surface area (Å²) in [6.45, 7) is 15.8. The highest BCUT2D eigenvalue weighted by Crippen LogP contribution is 1.99. The number of rotatable bonds is 22. The van der Waals surface area contributed by atoms with Crippen LogP contribution in [0, 0.1) is 23.7 Å². The first kappa shape index (κ1) is 91.2. The molecule has 0 amide bonds. The smallest absolute Gasteiger partial charge is 0.320 e. The van der Waals surface area contributed by atoms with Crippen LogP contribution in [0.3, 0.4) is 0 Å². The molecule has 0 aliphatic rings. The zero-order valence-electron chi connectivity index (χ0n) is 44.4. The molecule has 0 aliphatic carbocycles. The van der Waals surface area contributed by atoms with Gasteiger partial charge in [0.2, 0.25) is 0 Å². The first-order chi connectivity index (χ1) is 33.9. The monoisotopic (exact) mass is 1100 g/mol. The molecule has 0 fully saturated rings. The van der Waals surface area contributed by atoms with Crippen molar-refractivity contribution in [1.82, 2.24) is 0 Å². The molecule has 75 heavy (non-hydrogen) atoms. The van der Waals surface area contributed by atoms with Gasteiger partial charge in [-0.15, -0.1) is 0 Å². The maximum absolute atomic E-state index is 10.2. The Balaban J connectivity index is -0.0000000792. The van der Waals surface area contributed by atoms with Crippen molar-refractivity contribution in [2.45, 2.75) is 137 Å². The molecule has 0 aliphatic heterocycles. The van der Waals surface area contributed by atoms with Gasteiger partial charge in [0.25, 0.3) is 0 Å². The van der Waals surface area contributed by atoms with E-state index in [2.05, 4.69) is 22.2 Å². The highest BCUT2D eigenvalue weighted by Gasteiger charge is 2.17. The summed E-state index contributed by atoms with van der Waals surface area (Å²) in [6, 6.07) is -5.12. The minimum Gasteiger partial charge on any atom is -0.480 e. The molecule has 0 heterocycles. The Morgan fingerprint density at radius 2 is 0.560 bits per heavy atom. The van der Waals surface area contributed by atoms with Crippen LogP contribution < -0.4 is 74.5 Å². The van der Waals surface area contributed by atoms with Gasteiger partial charge in [-0.05, 0) is 62.8 Å². The summed E-state index contributed by atoms with van der Waals surface area (Å²) in [5.41, 5.74) is 64.9. The molecule has 34 nitrogen and oxygen atoms in total. The molecule has 36 N–H and O–H groups in total.